The summed E-state index contributed by atoms with van der Waals surface area (Å²) in [5, 5.41) is 3.01. The number of anilines is 1. The maximum atomic E-state index is 11.5. The Morgan fingerprint density at radius 1 is 1.33 bits per heavy atom. The zero-order valence-corrected chi connectivity index (χ0v) is 11.1. The average molecular weight is 246 g/mol. The molecule has 0 aliphatic heterocycles. The fourth-order valence-electron chi connectivity index (χ4n) is 2.08. The summed E-state index contributed by atoms with van der Waals surface area (Å²) in [7, 11) is 0. The van der Waals surface area contributed by atoms with E-state index in [2.05, 4.69) is 41.4 Å². The molecule has 98 valence electrons. The van der Waals surface area contributed by atoms with Gasteiger partial charge in [0.05, 0.1) is 0 Å². The van der Waals surface area contributed by atoms with Crippen LogP contribution in [-0.2, 0) is 4.79 Å². The fourth-order valence-corrected chi connectivity index (χ4v) is 2.08. The molecule has 18 heavy (non-hydrogen) atoms. The predicted octanol–water partition coefficient (Wildman–Crippen LogP) is 2.43. The van der Waals surface area contributed by atoms with Crippen LogP contribution in [0.3, 0.4) is 0 Å². The molecule has 1 aliphatic carbocycles. The van der Waals surface area contributed by atoms with Gasteiger partial charge in [-0.25, -0.2) is 0 Å². The molecule has 1 aliphatic rings. The van der Waals surface area contributed by atoms with Crippen molar-refractivity contribution >= 4 is 11.6 Å². The Morgan fingerprint density at radius 3 is 2.67 bits per heavy atom. The molecule has 0 heterocycles. The van der Waals surface area contributed by atoms with E-state index >= 15 is 0 Å². The Balaban J connectivity index is 1.69. The van der Waals surface area contributed by atoms with Gasteiger partial charge in [0.2, 0.25) is 5.91 Å². The van der Waals surface area contributed by atoms with Crippen LogP contribution >= 0.6 is 0 Å². The highest BCUT2D eigenvalue weighted by Crippen LogP contribution is 2.28. The molecule has 1 fully saturated rings. The van der Waals surface area contributed by atoms with Crippen molar-refractivity contribution < 1.29 is 4.79 Å². The van der Waals surface area contributed by atoms with Gasteiger partial charge in [0.1, 0.15) is 0 Å². The lowest BCUT2D eigenvalue weighted by Crippen LogP contribution is -2.30. The van der Waals surface area contributed by atoms with Gasteiger partial charge in [-0.3, -0.25) is 4.79 Å². The largest absolute Gasteiger partial charge is 0.372 e. The lowest BCUT2D eigenvalue weighted by Gasteiger charge is -2.23. The van der Waals surface area contributed by atoms with Crippen LogP contribution < -0.4 is 10.2 Å². The summed E-state index contributed by atoms with van der Waals surface area (Å²) in [6.45, 7) is 4.94. The fraction of sp³-hybridized carbons (Fsp3) is 0.533. The Bertz CT molecular complexity index is 373. The molecule has 0 unspecified atom stereocenters. The summed E-state index contributed by atoms with van der Waals surface area (Å²) in [6.07, 6.45) is 3.16. The molecule has 0 saturated heterocycles. The quantitative estimate of drug-likeness (QED) is 0.749. The van der Waals surface area contributed by atoms with Crippen molar-refractivity contribution in [3.8, 4) is 0 Å². The second-order valence-corrected chi connectivity index (χ2v) is 4.83. The van der Waals surface area contributed by atoms with E-state index < -0.39 is 0 Å². The average Bonchev–Trinajstić information content (AvgIpc) is 3.24. The van der Waals surface area contributed by atoms with Crippen LogP contribution in [0.4, 0.5) is 5.69 Å². The van der Waals surface area contributed by atoms with E-state index in [1.54, 1.807) is 0 Å². The molecule has 3 heteroatoms. The van der Waals surface area contributed by atoms with Crippen LogP contribution in [0, 0.1) is 5.92 Å². The van der Waals surface area contributed by atoms with E-state index in [0.29, 0.717) is 5.92 Å². The SMILES string of the molecule is CCN(CCCNC(=O)C1CC1)c1ccccc1. The number of nitrogens with zero attached hydrogens (tertiary/aromatic N) is 1. The summed E-state index contributed by atoms with van der Waals surface area (Å²) >= 11 is 0. The maximum Gasteiger partial charge on any atom is 0.223 e. The van der Waals surface area contributed by atoms with Gasteiger partial charge in [-0.2, -0.15) is 0 Å². The van der Waals surface area contributed by atoms with Crippen molar-refractivity contribution in [1.82, 2.24) is 5.32 Å². The lowest BCUT2D eigenvalue weighted by molar-refractivity contribution is -0.122. The minimum Gasteiger partial charge on any atom is -0.372 e. The van der Waals surface area contributed by atoms with Gasteiger partial charge in [-0.05, 0) is 38.3 Å². The van der Waals surface area contributed by atoms with Crippen LogP contribution in [0.25, 0.3) is 0 Å². The second kappa shape index (κ2) is 6.43. The van der Waals surface area contributed by atoms with Crippen molar-refractivity contribution in [2.45, 2.75) is 26.2 Å². The van der Waals surface area contributed by atoms with Crippen LogP contribution in [0.2, 0.25) is 0 Å². The second-order valence-electron chi connectivity index (χ2n) is 4.83. The van der Waals surface area contributed by atoms with E-state index in [1.807, 2.05) is 6.07 Å². The lowest BCUT2D eigenvalue weighted by atomic mass is 10.2. The van der Waals surface area contributed by atoms with Gasteiger partial charge in [0, 0.05) is 31.2 Å². The summed E-state index contributed by atoms with van der Waals surface area (Å²) in [5.41, 5.74) is 1.26. The van der Waals surface area contributed by atoms with Gasteiger partial charge >= 0.3 is 0 Å². The van der Waals surface area contributed by atoms with E-state index in [9.17, 15) is 4.79 Å². The monoisotopic (exact) mass is 246 g/mol. The first-order valence-corrected chi connectivity index (χ1v) is 6.89. The number of amides is 1. The Hall–Kier alpha value is -1.51. The molecule has 1 aromatic rings. The molecular weight excluding hydrogens is 224 g/mol. The predicted molar refractivity (Wildman–Crippen MR) is 74.7 cm³/mol. The van der Waals surface area contributed by atoms with Gasteiger partial charge in [-0.1, -0.05) is 18.2 Å². The Kier molecular flexibility index (Phi) is 4.62. The number of nitrogens with one attached hydrogen (secondary N) is 1. The van der Waals surface area contributed by atoms with Gasteiger partial charge < -0.3 is 10.2 Å². The van der Waals surface area contributed by atoms with Crippen molar-refractivity contribution in [2.75, 3.05) is 24.5 Å². The molecule has 2 rings (SSSR count). The zero-order chi connectivity index (χ0) is 12.8. The third-order valence-electron chi connectivity index (χ3n) is 3.36. The molecular formula is C15H22N2O. The molecule has 0 bridgehead atoms. The van der Waals surface area contributed by atoms with Crippen molar-refractivity contribution in [3.63, 3.8) is 0 Å². The van der Waals surface area contributed by atoms with Crippen molar-refractivity contribution in [2.24, 2.45) is 5.92 Å². The van der Waals surface area contributed by atoms with Crippen LogP contribution in [0.15, 0.2) is 30.3 Å². The first kappa shape index (κ1) is 12.9. The minimum atomic E-state index is 0.248. The minimum absolute atomic E-state index is 0.248. The van der Waals surface area contributed by atoms with Crippen LogP contribution in [-0.4, -0.2) is 25.5 Å². The third-order valence-corrected chi connectivity index (χ3v) is 3.36. The van der Waals surface area contributed by atoms with E-state index in [1.165, 1.54) is 5.69 Å². The normalized spacial score (nSPS) is 14.3. The highest BCUT2D eigenvalue weighted by molar-refractivity contribution is 5.80. The topological polar surface area (TPSA) is 32.3 Å². The highest BCUT2D eigenvalue weighted by atomic mass is 16.2. The molecule has 0 atom stereocenters. The molecule has 0 spiro atoms. The summed E-state index contributed by atoms with van der Waals surface area (Å²) in [4.78, 5) is 13.8. The number of hydrogen-bond donors (Lipinski definition) is 1. The third kappa shape index (κ3) is 3.76. The first-order valence-electron chi connectivity index (χ1n) is 6.89. The van der Waals surface area contributed by atoms with Crippen molar-refractivity contribution in [3.05, 3.63) is 30.3 Å². The van der Waals surface area contributed by atoms with E-state index in [-0.39, 0.29) is 5.91 Å². The molecule has 1 saturated carbocycles. The first-order chi connectivity index (χ1) is 8.81. The number of rotatable bonds is 7. The number of benzene rings is 1. The standard InChI is InChI=1S/C15H22N2O/c1-2-17(14-7-4-3-5-8-14)12-6-11-16-15(18)13-9-10-13/h3-5,7-8,13H,2,6,9-12H2,1H3,(H,16,18). The van der Waals surface area contributed by atoms with Crippen LogP contribution in [0.1, 0.15) is 26.2 Å². The molecule has 1 aromatic carbocycles. The van der Waals surface area contributed by atoms with Crippen LogP contribution in [0.5, 0.6) is 0 Å². The molecule has 0 aromatic heterocycles. The Labute approximate surface area is 109 Å². The highest BCUT2D eigenvalue weighted by Gasteiger charge is 2.28. The smallest absolute Gasteiger partial charge is 0.223 e. The molecule has 3 nitrogen and oxygen atoms in total. The van der Waals surface area contributed by atoms with E-state index in [4.69, 9.17) is 0 Å². The summed E-state index contributed by atoms with van der Waals surface area (Å²) < 4.78 is 0. The molecule has 1 N–H and O–H groups in total. The van der Waals surface area contributed by atoms with Gasteiger partial charge in [0.25, 0.3) is 0 Å². The Morgan fingerprint density at radius 2 is 2.06 bits per heavy atom. The van der Waals surface area contributed by atoms with E-state index in [0.717, 1.165) is 38.9 Å². The summed E-state index contributed by atoms with van der Waals surface area (Å²) in [6, 6.07) is 10.4. The maximum absolute atomic E-state index is 11.5. The number of carbonyl (C=O) groups is 1. The summed E-state index contributed by atoms with van der Waals surface area (Å²) in [5.74, 6) is 0.569. The van der Waals surface area contributed by atoms with Gasteiger partial charge in [0.15, 0.2) is 0 Å². The molecule has 0 radical (unpaired) electrons. The number of carbonyl (C=O) groups excluding carboxylic acids is 1. The zero-order valence-electron chi connectivity index (χ0n) is 11.1. The number of hydrogen-bond acceptors (Lipinski definition) is 2. The van der Waals surface area contributed by atoms with Crippen molar-refractivity contribution in [1.29, 1.82) is 0 Å². The van der Waals surface area contributed by atoms with Gasteiger partial charge in [-0.15, -0.1) is 0 Å². The molecule has 1 amide bonds. The number of para-hydroxylation sites is 1.